The Morgan fingerprint density at radius 1 is 1.06 bits per heavy atom. The highest BCUT2D eigenvalue weighted by molar-refractivity contribution is 5.80. The van der Waals surface area contributed by atoms with Crippen LogP contribution in [0.5, 0.6) is 0 Å². The molecule has 3 rings (SSSR count). The second-order valence-electron chi connectivity index (χ2n) is 10.9. The third-order valence-electron chi connectivity index (χ3n) is 8.48. The van der Waals surface area contributed by atoms with E-state index >= 15 is 0 Å². The van der Waals surface area contributed by atoms with Gasteiger partial charge in [0.2, 0.25) is 0 Å². The summed E-state index contributed by atoms with van der Waals surface area (Å²) in [5.41, 5.74) is 6.27. The van der Waals surface area contributed by atoms with Gasteiger partial charge in [-0.05, 0) is 49.9 Å². The third kappa shape index (κ3) is 6.32. The molecule has 6 heteroatoms. The summed E-state index contributed by atoms with van der Waals surface area (Å²) in [6.45, 7) is 14.3. The molecule has 4 atom stereocenters. The molecule has 1 unspecified atom stereocenters. The summed E-state index contributed by atoms with van der Waals surface area (Å²) in [5.74, 6) is 3.63. The van der Waals surface area contributed by atoms with Gasteiger partial charge in [0.05, 0.1) is 18.6 Å². The maximum Gasteiger partial charge on any atom is 0.194 e. The fourth-order valence-electron chi connectivity index (χ4n) is 5.79. The lowest BCUT2D eigenvalue weighted by Gasteiger charge is -2.32. The van der Waals surface area contributed by atoms with Gasteiger partial charge in [-0.2, -0.15) is 0 Å². The molecule has 3 aliphatic rings. The second-order valence-corrected chi connectivity index (χ2v) is 10.9. The first-order valence-electron chi connectivity index (χ1n) is 13.6. The van der Waals surface area contributed by atoms with E-state index in [4.69, 9.17) is 11.1 Å². The standard InChI is InChI=1S/C26H50N6/c1-5-20(3)17-32-24(21(4)6-2)19-30(26(32)28)15-11-10-14-23-16-29-25(27)31(23)18-22-12-8-7-9-13-22/h20-24,28H,5-19H2,1-4H3,(H2,27,29)/t20?,21-,23-,24+/m0/s1. The smallest absolute Gasteiger partial charge is 0.194 e. The number of hydrogen-bond acceptors (Lipinski definition) is 4. The second kappa shape index (κ2) is 12.1. The molecule has 2 fully saturated rings. The zero-order valence-corrected chi connectivity index (χ0v) is 21.4. The van der Waals surface area contributed by atoms with Gasteiger partial charge in [0.25, 0.3) is 0 Å². The van der Waals surface area contributed by atoms with Crippen molar-refractivity contribution in [1.29, 1.82) is 5.41 Å². The molecule has 0 aromatic rings. The largest absolute Gasteiger partial charge is 0.370 e. The highest BCUT2D eigenvalue weighted by atomic mass is 15.4. The van der Waals surface area contributed by atoms with Crippen LogP contribution < -0.4 is 5.73 Å². The van der Waals surface area contributed by atoms with Crippen LogP contribution in [0.15, 0.2) is 4.99 Å². The molecule has 1 saturated heterocycles. The Morgan fingerprint density at radius 2 is 1.81 bits per heavy atom. The van der Waals surface area contributed by atoms with E-state index in [1.54, 1.807) is 0 Å². The van der Waals surface area contributed by atoms with Crippen LogP contribution in [0.4, 0.5) is 0 Å². The van der Waals surface area contributed by atoms with Crippen LogP contribution in [0, 0.1) is 23.2 Å². The normalized spacial score (nSPS) is 26.7. The number of hydrogen-bond donors (Lipinski definition) is 2. The Morgan fingerprint density at radius 3 is 2.50 bits per heavy atom. The quantitative estimate of drug-likeness (QED) is 0.424. The summed E-state index contributed by atoms with van der Waals surface area (Å²) < 4.78 is 0. The first kappa shape index (κ1) is 25.2. The van der Waals surface area contributed by atoms with E-state index in [9.17, 15) is 0 Å². The predicted molar refractivity (Wildman–Crippen MR) is 136 cm³/mol. The average molecular weight is 447 g/mol. The summed E-state index contributed by atoms with van der Waals surface area (Å²) >= 11 is 0. The molecule has 2 heterocycles. The molecular weight excluding hydrogens is 396 g/mol. The zero-order chi connectivity index (χ0) is 23.1. The number of aliphatic imine (C=N–C) groups is 1. The van der Waals surface area contributed by atoms with Crippen molar-refractivity contribution in [1.82, 2.24) is 14.7 Å². The molecular formula is C26H50N6. The van der Waals surface area contributed by atoms with Crippen molar-refractivity contribution in [3.8, 4) is 0 Å². The molecule has 2 aliphatic heterocycles. The molecule has 0 bridgehead atoms. The number of nitrogens with zero attached hydrogens (tertiary/aromatic N) is 4. The number of guanidine groups is 2. The van der Waals surface area contributed by atoms with Crippen molar-refractivity contribution < 1.29 is 0 Å². The Labute approximate surface area is 197 Å². The van der Waals surface area contributed by atoms with E-state index in [2.05, 4.69) is 47.4 Å². The Balaban J connectivity index is 1.45. The first-order chi connectivity index (χ1) is 15.4. The number of rotatable bonds is 12. The Kier molecular flexibility index (Phi) is 9.54. The Bertz CT molecular complexity index is 613. The SMILES string of the molecule is CCC(C)CN1C(=N)N(CCCC[C@H]2CN=C(N)N2CC2CCCCC2)C[C@@H]1[C@@H](C)CC. The van der Waals surface area contributed by atoms with Gasteiger partial charge in [0.15, 0.2) is 11.9 Å². The van der Waals surface area contributed by atoms with Gasteiger partial charge >= 0.3 is 0 Å². The van der Waals surface area contributed by atoms with Crippen LogP contribution in [0.3, 0.4) is 0 Å². The minimum absolute atomic E-state index is 0.490. The van der Waals surface area contributed by atoms with Gasteiger partial charge in [-0.3, -0.25) is 10.4 Å². The monoisotopic (exact) mass is 446 g/mol. The van der Waals surface area contributed by atoms with Gasteiger partial charge in [0, 0.05) is 26.2 Å². The fraction of sp³-hybridized carbons (Fsp3) is 0.923. The van der Waals surface area contributed by atoms with Gasteiger partial charge < -0.3 is 20.4 Å². The zero-order valence-electron chi connectivity index (χ0n) is 21.4. The molecule has 0 aromatic heterocycles. The minimum atomic E-state index is 0.490. The van der Waals surface area contributed by atoms with Crippen LogP contribution in [-0.4, -0.2) is 71.4 Å². The molecule has 0 amide bonds. The molecule has 184 valence electrons. The fourth-order valence-corrected chi connectivity index (χ4v) is 5.79. The average Bonchev–Trinajstić information content (AvgIpc) is 3.31. The molecule has 6 nitrogen and oxygen atoms in total. The van der Waals surface area contributed by atoms with Crippen molar-refractivity contribution in [3.63, 3.8) is 0 Å². The van der Waals surface area contributed by atoms with Crippen molar-refractivity contribution >= 4 is 11.9 Å². The van der Waals surface area contributed by atoms with E-state index in [0.717, 1.165) is 57.0 Å². The van der Waals surface area contributed by atoms with E-state index < -0.39 is 0 Å². The highest BCUT2D eigenvalue weighted by Gasteiger charge is 2.37. The molecule has 1 saturated carbocycles. The first-order valence-corrected chi connectivity index (χ1v) is 13.6. The van der Waals surface area contributed by atoms with Gasteiger partial charge in [-0.25, -0.2) is 0 Å². The van der Waals surface area contributed by atoms with Crippen LogP contribution in [0.2, 0.25) is 0 Å². The molecule has 1 aliphatic carbocycles. The predicted octanol–water partition coefficient (Wildman–Crippen LogP) is 4.75. The van der Waals surface area contributed by atoms with Crippen LogP contribution in [0.25, 0.3) is 0 Å². The van der Waals surface area contributed by atoms with Crippen molar-refractivity contribution in [2.24, 2.45) is 28.5 Å². The summed E-state index contributed by atoms with van der Waals surface area (Å²) in [5, 5.41) is 8.84. The highest BCUT2D eigenvalue weighted by Crippen LogP contribution is 2.28. The maximum atomic E-state index is 8.84. The van der Waals surface area contributed by atoms with E-state index in [1.165, 1.54) is 57.8 Å². The van der Waals surface area contributed by atoms with Crippen molar-refractivity contribution in [3.05, 3.63) is 0 Å². The summed E-state index contributed by atoms with van der Waals surface area (Å²) in [6.07, 6.45) is 12.8. The molecule has 0 aromatic carbocycles. The summed E-state index contributed by atoms with van der Waals surface area (Å²) in [4.78, 5) is 11.8. The topological polar surface area (TPSA) is 72.0 Å². The van der Waals surface area contributed by atoms with Crippen LogP contribution >= 0.6 is 0 Å². The van der Waals surface area contributed by atoms with E-state index in [0.29, 0.717) is 23.9 Å². The molecule has 32 heavy (non-hydrogen) atoms. The van der Waals surface area contributed by atoms with E-state index in [-0.39, 0.29) is 0 Å². The minimum Gasteiger partial charge on any atom is -0.370 e. The lowest BCUT2D eigenvalue weighted by atomic mass is 9.88. The lowest BCUT2D eigenvalue weighted by Crippen LogP contribution is -2.44. The number of unbranched alkanes of at least 4 members (excludes halogenated alkanes) is 1. The third-order valence-corrected chi connectivity index (χ3v) is 8.48. The number of nitrogens with two attached hydrogens (primary N) is 1. The lowest BCUT2D eigenvalue weighted by molar-refractivity contribution is 0.228. The van der Waals surface area contributed by atoms with Gasteiger partial charge in [-0.15, -0.1) is 0 Å². The molecule has 3 N–H and O–H groups in total. The summed E-state index contributed by atoms with van der Waals surface area (Å²) in [7, 11) is 0. The maximum absolute atomic E-state index is 8.84. The van der Waals surface area contributed by atoms with Crippen molar-refractivity contribution in [2.45, 2.75) is 104 Å². The summed E-state index contributed by atoms with van der Waals surface area (Å²) in [6, 6.07) is 0.986. The molecule has 0 radical (unpaired) electrons. The van der Waals surface area contributed by atoms with Gasteiger partial charge in [-0.1, -0.05) is 59.8 Å². The van der Waals surface area contributed by atoms with Gasteiger partial charge in [0.1, 0.15) is 0 Å². The molecule has 0 spiro atoms. The number of nitrogens with one attached hydrogen (secondary N) is 1. The Hall–Kier alpha value is -1.46. The van der Waals surface area contributed by atoms with Crippen molar-refractivity contribution in [2.75, 3.05) is 32.7 Å². The van der Waals surface area contributed by atoms with Crippen LogP contribution in [-0.2, 0) is 0 Å². The van der Waals surface area contributed by atoms with E-state index in [1.807, 2.05) is 0 Å². The van der Waals surface area contributed by atoms with Crippen LogP contribution in [0.1, 0.15) is 91.9 Å².